The molecular weight excluding hydrogens is 248 g/mol. The molecule has 3 rings (SSSR count). The van der Waals surface area contributed by atoms with Gasteiger partial charge in [0, 0.05) is 18.2 Å². The van der Waals surface area contributed by atoms with E-state index in [2.05, 4.69) is 22.1 Å². The zero-order valence-electron chi connectivity index (χ0n) is 10.9. The van der Waals surface area contributed by atoms with E-state index < -0.39 is 0 Å². The second-order valence-corrected chi connectivity index (χ2v) is 4.60. The van der Waals surface area contributed by atoms with Crippen LogP contribution in [0.25, 0.3) is 11.3 Å². The van der Waals surface area contributed by atoms with E-state index in [-0.39, 0.29) is 5.56 Å². The second kappa shape index (κ2) is 5.53. The number of H-pyrrole nitrogens is 1. The highest BCUT2D eigenvalue weighted by Gasteiger charge is 2.06. The Morgan fingerprint density at radius 1 is 0.900 bits per heavy atom. The Morgan fingerprint density at radius 3 is 2.25 bits per heavy atom. The maximum Gasteiger partial charge on any atom is 0.274 e. The Hall–Kier alpha value is -2.68. The molecule has 3 nitrogen and oxygen atoms in total. The summed E-state index contributed by atoms with van der Waals surface area (Å²) >= 11 is 0. The van der Waals surface area contributed by atoms with Gasteiger partial charge in [0.2, 0.25) is 0 Å². The van der Waals surface area contributed by atoms with Crippen molar-refractivity contribution in [1.82, 2.24) is 9.97 Å². The normalized spacial score (nSPS) is 10.4. The predicted octanol–water partition coefficient (Wildman–Crippen LogP) is 3.03. The minimum Gasteiger partial charge on any atom is -0.325 e. The molecule has 1 N–H and O–H groups in total. The minimum atomic E-state index is -0.159. The molecule has 3 heteroatoms. The summed E-state index contributed by atoms with van der Waals surface area (Å²) in [7, 11) is 0. The number of hydrogen-bond acceptors (Lipinski definition) is 2. The number of nitrogens with one attached hydrogen (secondary N) is 1. The quantitative estimate of drug-likeness (QED) is 0.788. The van der Waals surface area contributed by atoms with Crippen molar-refractivity contribution >= 4 is 0 Å². The van der Waals surface area contributed by atoms with Crippen molar-refractivity contribution in [3.8, 4) is 11.3 Å². The van der Waals surface area contributed by atoms with Gasteiger partial charge in [-0.05, 0) is 5.56 Å². The summed E-state index contributed by atoms with van der Waals surface area (Å²) in [5.74, 6) is 0. The van der Waals surface area contributed by atoms with E-state index in [1.165, 1.54) is 5.56 Å². The van der Waals surface area contributed by atoms with Crippen molar-refractivity contribution in [3.05, 3.63) is 88.5 Å². The number of rotatable bonds is 3. The first kappa shape index (κ1) is 12.4. The van der Waals surface area contributed by atoms with Crippen LogP contribution in [0.15, 0.2) is 71.7 Å². The van der Waals surface area contributed by atoms with Crippen molar-refractivity contribution in [1.29, 1.82) is 0 Å². The van der Waals surface area contributed by atoms with Gasteiger partial charge in [-0.1, -0.05) is 60.7 Å². The first-order valence-electron chi connectivity index (χ1n) is 6.51. The van der Waals surface area contributed by atoms with Crippen molar-refractivity contribution in [2.75, 3.05) is 0 Å². The van der Waals surface area contributed by atoms with Crippen LogP contribution in [-0.2, 0) is 6.42 Å². The first-order valence-corrected chi connectivity index (χ1v) is 6.51. The maximum absolute atomic E-state index is 11.9. The van der Waals surface area contributed by atoms with Gasteiger partial charge in [-0.3, -0.25) is 4.79 Å². The fourth-order valence-electron chi connectivity index (χ4n) is 2.13. The summed E-state index contributed by atoms with van der Waals surface area (Å²) in [5.41, 5.74) is 3.18. The van der Waals surface area contributed by atoms with Crippen molar-refractivity contribution in [2.45, 2.75) is 6.42 Å². The average Bonchev–Trinajstić information content (AvgIpc) is 2.51. The number of hydrogen-bond donors (Lipinski definition) is 1. The van der Waals surface area contributed by atoms with E-state index in [1.807, 2.05) is 48.5 Å². The minimum absolute atomic E-state index is 0.159. The SMILES string of the molecule is O=c1[nH]cc(Cc2ccccc2)nc1-c1ccccc1. The van der Waals surface area contributed by atoms with Gasteiger partial charge in [-0.2, -0.15) is 0 Å². The molecule has 0 aliphatic rings. The molecule has 3 aromatic rings. The molecule has 2 aromatic carbocycles. The third-order valence-corrected chi connectivity index (χ3v) is 3.12. The van der Waals surface area contributed by atoms with Crippen molar-refractivity contribution < 1.29 is 0 Å². The molecule has 0 aliphatic heterocycles. The summed E-state index contributed by atoms with van der Waals surface area (Å²) in [6.07, 6.45) is 2.39. The number of aromatic amines is 1. The molecule has 0 saturated heterocycles. The fourth-order valence-corrected chi connectivity index (χ4v) is 2.13. The van der Waals surface area contributed by atoms with E-state index >= 15 is 0 Å². The number of benzene rings is 2. The highest BCUT2D eigenvalue weighted by Crippen LogP contribution is 2.13. The lowest BCUT2D eigenvalue weighted by Crippen LogP contribution is -2.12. The van der Waals surface area contributed by atoms with Crippen LogP contribution in [0.2, 0.25) is 0 Å². The van der Waals surface area contributed by atoms with Gasteiger partial charge >= 0.3 is 0 Å². The maximum atomic E-state index is 11.9. The van der Waals surface area contributed by atoms with Crippen molar-refractivity contribution in [3.63, 3.8) is 0 Å². The third kappa shape index (κ3) is 2.67. The largest absolute Gasteiger partial charge is 0.325 e. The molecule has 0 unspecified atom stereocenters. The number of nitrogens with zero attached hydrogens (tertiary/aromatic N) is 1. The highest BCUT2D eigenvalue weighted by atomic mass is 16.1. The van der Waals surface area contributed by atoms with Gasteiger partial charge < -0.3 is 4.98 Å². The van der Waals surface area contributed by atoms with Crippen LogP contribution >= 0.6 is 0 Å². The molecule has 98 valence electrons. The summed E-state index contributed by atoms with van der Waals surface area (Å²) < 4.78 is 0. The first-order chi connectivity index (χ1) is 9.83. The molecule has 0 atom stereocenters. The summed E-state index contributed by atoms with van der Waals surface area (Å²) in [6.45, 7) is 0. The number of aromatic nitrogens is 2. The molecule has 0 spiro atoms. The fraction of sp³-hybridized carbons (Fsp3) is 0.0588. The molecule has 1 heterocycles. The zero-order chi connectivity index (χ0) is 13.8. The lowest BCUT2D eigenvalue weighted by atomic mass is 10.1. The average molecular weight is 262 g/mol. The summed E-state index contributed by atoms with van der Waals surface area (Å²) in [6, 6.07) is 19.6. The summed E-state index contributed by atoms with van der Waals surface area (Å²) in [4.78, 5) is 19.2. The zero-order valence-corrected chi connectivity index (χ0v) is 10.9. The molecule has 0 aliphatic carbocycles. The predicted molar refractivity (Wildman–Crippen MR) is 79.5 cm³/mol. The Kier molecular flexibility index (Phi) is 3.42. The van der Waals surface area contributed by atoms with Gasteiger partial charge in [0.25, 0.3) is 5.56 Å². The topological polar surface area (TPSA) is 45.8 Å². The molecule has 0 radical (unpaired) electrons. The molecule has 0 amide bonds. The Balaban J connectivity index is 1.97. The van der Waals surface area contributed by atoms with E-state index in [0.29, 0.717) is 12.1 Å². The van der Waals surface area contributed by atoms with Crippen LogP contribution in [0.1, 0.15) is 11.3 Å². The van der Waals surface area contributed by atoms with E-state index in [4.69, 9.17) is 0 Å². The molecular formula is C17H14N2O. The van der Waals surface area contributed by atoms with Crippen LogP contribution in [0.3, 0.4) is 0 Å². The Labute approximate surface area is 117 Å². The van der Waals surface area contributed by atoms with E-state index in [9.17, 15) is 4.79 Å². The molecule has 0 fully saturated rings. The third-order valence-electron chi connectivity index (χ3n) is 3.12. The van der Waals surface area contributed by atoms with Gasteiger partial charge in [-0.25, -0.2) is 4.98 Å². The van der Waals surface area contributed by atoms with Gasteiger partial charge in [-0.15, -0.1) is 0 Å². The highest BCUT2D eigenvalue weighted by molar-refractivity contribution is 5.57. The van der Waals surface area contributed by atoms with Crippen LogP contribution < -0.4 is 5.56 Å². The van der Waals surface area contributed by atoms with Crippen LogP contribution in [-0.4, -0.2) is 9.97 Å². The standard InChI is InChI=1S/C17H14N2O/c20-17-16(14-9-5-2-6-10-14)19-15(12-18-17)11-13-7-3-1-4-8-13/h1-10,12H,11H2,(H,18,20). The molecule has 1 aromatic heterocycles. The van der Waals surface area contributed by atoms with Gasteiger partial charge in [0.1, 0.15) is 5.69 Å². The van der Waals surface area contributed by atoms with Crippen LogP contribution in [0, 0.1) is 0 Å². The smallest absolute Gasteiger partial charge is 0.274 e. The van der Waals surface area contributed by atoms with E-state index in [1.54, 1.807) is 6.20 Å². The molecule has 20 heavy (non-hydrogen) atoms. The van der Waals surface area contributed by atoms with E-state index in [0.717, 1.165) is 11.3 Å². The van der Waals surface area contributed by atoms with Gasteiger partial charge in [0.05, 0.1) is 5.69 Å². The Bertz CT molecular complexity index is 749. The lowest BCUT2D eigenvalue weighted by molar-refractivity contribution is 1.01. The molecule has 0 bridgehead atoms. The van der Waals surface area contributed by atoms with Gasteiger partial charge in [0.15, 0.2) is 0 Å². The molecule has 0 saturated carbocycles. The monoisotopic (exact) mass is 262 g/mol. The summed E-state index contributed by atoms with van der Waals surface area (Å²) in [5, 5.41) is 0. The van der Waals surface area contributed by atoms with Crippen LogP contribution in [0.5, 0.6) is 0 Å². The van der Waals surface area contributed by atoms with Crippen molar-refractivity contribution in [2.24, 2.45) is 0 Å². The Morgan fingerprint density at radius 2 is 1.55 bits per heavy atom. The van der Waals surface area contributed by atoms with Crippen LogP contribution in [0.4, 0.5) is 0 Å². The lowest BCUT2D eigenvalue weighted by Gasteiger charge is -2.04. The second-order valence-electron chi connectivity index (χ2n) is 4.60.